The van der Waals surface area contributed by atoms with Crippen molar-refractivity contribution >= 4 is 45.1 Å². The van der Waals surface area contributed by atoms with Gasteiger partial charge >= 0.3 is 0 Å². The van der Waals surface area contributed by atoms with Crippen LogP contribution in [0.15, 0.2) is 35.2 Å². The number of aryl methyl sites for hydroxylation is 1. The Morgan fingerprint density at radius 2 is 1.95 bits per heavy atom. The van der Waals surface area contributed by atoms with E-state index < -0.39 is 0 Å². The summed E-state index contributed by atoms with van der Waals surface area (Å²) in [5, 5.41) is 8.22. The number of nitrogens with one attached hydrogen (secondary N) is 2. The van der Waals surface area contributed by atoms with Gasteiger partial charge in [-0.2, -0.15) is 4.98 Å². The summed E-state index contributed by atoms with van der Waals surface area (Å²) in [4.78, 5) is 16.2. The largest absolute Gasteiger partial charge is 0.364 e. The lowest BCUT2D eigenvalue weighted by Gasteiger charge is -2.33. The second kappa shape index (κ2) is 9.84. The Balaban J connectivity index is 1.21. The molecule has 4 aliphatic rings. The monoisotopic (exact) mass is 535 g/mol. The number of anilines is 2. The molecular weight excluding hydrogens is 502 g/mol. The van der Waals surface area contributed by atoms with E-state index in [1.807, 2.05) is 17.8 Å². The van der Waals surface area contributed by atoms with Crippen LogP contribution in [0.5, 0.6) is 0 Å². The van der Waals surface area contributed by atoms with Crippen molar-refractivity contribution in [1.82, 2.24) is 15.0 Å². The van der Waals surface area contributed by atoms with Gasteiger partial charge in [-0.3, -0.25) is 0 Å². The number of benzene rings is 1. The molecule has 9 heteroatoms. The van der Waals surface area contributed by atoms with Crippen LogP contribution in [-0.2, 0) is 9.47 Å². The minimum absolute atomic E-state index is 0.0491. The van der Waals surface area contributed by atoms with E-state index in [1.54, 1.807) is 11.3 Å². The Morgan fingerprint density at radius 3 is 2.78 bits per heavy atom. The number of hydrogen-bond donors (Lipinski definition) is 2. The average molecular weight is 536 g/mol. The first-order valence-electron chi connectivity index (χ1n) is 13.6. The van der Waals surface area contributed by atoms with Gasteiger partial charge in [0, 0.05) is 30.0 Å². The number of thioether (sulfide) groups is 1. The molecule has 4 heterocycles. The predicted octanol–water partition coefficient (Wildman–Crippen LogP) is 6.51. The van der Waals surface area contributed by atoms with E-state index in [9.17, 15) is 0 Å². The number of thiazole rings is 1. The fourth-order valence-electron chi connectivity index (χ4n) is 6.17. The number of para-hydroxylation sites is 1. The first kappa shape index (κ1) is 23.9. The summed E-state index contributed by atoms with van der Waals surface area (Å²) in [5.74, 6) is 2.28. The molecule has 2 N–H and O–H groups in total. The van der Waals surface area contributed by atoms with Gasteiger partial charge < -0.3 is 20.1 Å². The minimum Gasteiger partial charge on any atom is -0.364 e. The van der Waals surface area contributed by atoms with Crippen LogP contribution < -0.4 is 10.6 Å². The van der Waals surface area contributed by atoms with Crippen molar-refractivity contribution in [3.63, 3.8) is 0 Å². The smallest absolute Gasteiger partial charge is 0.225 e. The van der Waals surface area contributed by atoms with Crippen molar-refractivity contribution in [2.45, 2.75) is 82.3 Å². The molecule has 2 aliphatic heterocycles. The molecule has 2 aromatic heterocycles. The highest BCUT2D eigenvalue weighted by Crippen LogP contribution is 2.47. The first-order chi connectivity index (χ1) is 18.2. The molecule has 2 aliphatic carbocycles. The van der Waals surface area contributed by atoms with Crippen LogP contribution in [0.25, 0.3) is 20.8 Å². The second-order valence-electron chi connectivity index (χ2n) is 10.5. The van der Waals surface area contributed by atoms with E-state index in [-0.39, 0.29) is 24.0 Å². The molecule has 0 radical (unpaired) electrons. The summed E-state index contributed by atoms with van der Waals surface area (Å²) >= 11 is 3.60. The first-order valence-corrected chi connectivity index (χ1v) is 15.4. The van der Waals surface area contributed by atoms with Crippen molar-refractivity contribution in [3.8, 4) is 10.6 Å². The fourth-order valence-corrected chi connectivity index (χ4v) is 8.14. The summed E-state index contributed by atoms with van der Waals surface area (Å²) in [6, 6.07) is 8.43. The summed E-state index contributed by atoms with van der Waals surface area (Å²) in [6.45, 7) is 2.82. The Labute approximate surface area is 225 Å². The Morgan fingerprint density at radius 1 is 1.05 bits per heavy atom. The van der Waals surface area contributed by atoms with Gasteiger partial charge in [0.1, 0.15) is 16.9 Å². The van der Waals surface area contributed by atoms with E-state index in [1.165, 1.54) is 28.9 Å². The Bertz CT molecular complexity index is 1300. The van der Waals surface area contributed by atoms with Crippen molar-refractivity contribution < 1.29 is 9.47 Å². The van der Waals surface area contributed by atoms with Crippen LogP contribution in [0.3, 0.4) is 0 Å². The minimum atomic E-state index is -0.370. The van der Waals surface area contributed by atoms with Crippen LogP contribution in [0.4, 0.5) is 11.8 Å². The van der Waals surface area contributed by atoms with E-state index in [4.69, 9.17) is 24.4 Å². The molecule has 7 rings (SSSR count). The topological polar surface area (TPSA) is 81.2 Å². The van der Waals surface area contributed by atoms with Crippen molar-refractivity contribution in [2.75, 3.05) is 22.9 Å². The molecule has 37 heavy (non-hydrogen) atoms. The third kappa shape index (κ3) is 4.64. The van der Waals surface area contributed by atoms with Gasteiger partial charge in [-0.25, -0.2) is 9.97 Å². The summed E-state index contributed by atoms with van der Waals surface area (Å²) in [6.07, 6.45) is 11.3. The number of ether oxygens (including phenoxy) is 2. The number of fused-ring (bicyclic) bond motifs is 2. The standard InChI is InChI=1S/C28H33N5O2S2/c1-17-23(26-32-19-9-3-4-10-22(19)37-26)25(33-27(30-17)29-16-18-8-7-15-36-18)31-20-11-12-21-24(20)35-28(34-21)13-5-2-6-14-28/h3-4,8-10,20-21,24H,2,5-7,11-16H2,1H3,(H2,29,30,31,33)/t20-,21-,24+/m1/s1. The zero-order chi connectivity index (χ0) is 24.8. The maximum absolute atomic E-state index is 6.70. The highest BCUT2D eigenvalue weighted by atomic mass is 32.2. The molecule has 3 atom stereocenters. The molecule has 0 amide bonds. The van der Waals surface area contributed by atoms with Gasteiger partial charge in [0.15, 0.2) is 5.79 Å². The lowest BCUT2D eigenvalue weighted by Crippen LogP contribution is -2.38. The van der Waals surface area contributed by atoms with Crippen LogP contribution in [0, 0.1) is 6.92 Å². The van der Waals surface area contributed by atoms with Gasteiger partial charge in [0.2, 0.25) is 5.95 Å². The van der Waals surface area contributed by atoms with E-state index in [0.29, 0.717) is 5.95 Å². The van der Waals surface area contributed by atoms with E-state index in [0.717, 1.165) is 72.0 Å². The van der Waals surface area contributed by atoms with Gasteiger partial charge in [-0.1, -0.05) is 24.6 Å². The molecular formula is C28H33N5O2S2. The van der Waals surface area contributed by atoms with E-state index >= 15 is 0 Å². The van der Waals surface area contributed by atoms with E-state index in [2.05, 4.69) is 41.8 Å². The maximum Gasteiger partial charge on any atom is 0.225 e. The Hall–Kier alpha value is -2.20. The van der Waals surface area contributed by atoms with Crippen molar-refractivity contribution in [2.24, 2.45) is 0 Å². The molecule has 0 unspecified atom stereocenters. The SMILES string of the molecule is Cc1nc(NCC2=CCCS2)nc(N[C@@H]2CC[C@H]3OC4(CCCCC4)O[C@@H]23)c1-c1nc2ccccc2s1. The average Bonchev–Trinajstić information content (AvgIpc) is 3.69. The third-order valence-electron chi connectivity index (χ3n) is 7.98. The number of allylic oxidation sites excluding steroid dienone is 1. The van der Waals surface area contributed by atoms with Crippen molar-refractivity contribution in [1.29, 1.82) is 0 Å². The van der Waals surface area contributed by atoms with Crippen LogP contribution >= 0.6 is 23.1 Å². The lowest BCUT2D eigenvalue weighted by atomic mass is 9.94. The van der Waals surface area contributed by atoms with Crippen LogP contribution in [0.1, 0.15) is 57.1 Å². The number of rotatable bonds is 6. The molecule has 7 nitrogen and oxygen atoms in total. The zero-order valence-electron chi connectivity index (χ0n) is 21.2. The number of hydrogen-bond acceptors (Lipinski definition) is 9. The lowest BCUT2D eigenvalue weighted by molar-refractivity contribution is -0.198. The van der Waals surface area contributed by atoms with Gasteiger partial charge in [-0.15, -0.1) is 23.1 Å². The molecule has 194 valence electrons. The quantitative estimate of drug-likeness (QED) is 0.370. The zero-order valence-corrected chi connectivity index (χ0v) is 22.8. The highest BCUT2D eigenvalue weighted by Gasteiger charge is 2.53. The summed E-state index contributed by atoms with van der Waals surface area (Å²) in [5.41, 5.74) is 2.91. The summed E-state index contributed by atoms with van der Waals surface area (Å²) < 4.78 is 14.4. The van der Waals surface area contributed by atoms with Gasteiger partial charge in [-0.05, 0) is 51.2 Å². The predicted molar refractivity (Wildman–Crippen MR) is 151 cm³/mol. The number of aromatic nitrogens is 3. The molecule has 1 aromatic carbocycles. The highest BCUT2D eigenvalue weighted by molar-refractivity contribution is 8.03. The maximum atomic E-state index is 6.70. The molecule has 1 spiro atoms. The van der Waals surface area contributed by atoms with Gasteiger partial charge in [0.25, 0.3) is 0 Å². The molecule has 3 aromatic rings. The normalized spacial score (nSPS) is 26.5. The second-order valence-corrected chi connectivity index (χ2v) is 12.8. The molecule has 2 saturated carbocycles. The molecule has 3 fully saturated rings. The molecule has 0 bridgehead atoms. The summed E-state index contributed by atoms with van der Waals surface area (Å²) in [7, 11) is 0. The fraction of sp³-hybridized carbons (Fsp3) is 0.536. The van der Waals surface area contributed by atoms with Crippen molar-refractivity contribution in [3.05, 3.63) is 40.9 Å². The molecule has 1 saturated heterocycles. The van der Waals surface area contributed by atoms with Gasteiger partial charge in [0.05, 0.1) is 33.6 Å². The number of nitrogens with zero attached hydrogens (tertiary/aromatic N) is 3. The van der Waals surface area contributed by atoms with Crippen LogP contribution in [-0.4, -0.2) is 51.3 Å². The third-order valence-corrected chi connectivity index (χ3v) is 10.2. The van der Waals surface area contributed by atoms with Crippen LogP contribution in [0.2, 0.25) is 0 Å². The Kier molecular flexibility index (Phi) is 6.35.